The van der Waals surface area contributed by atoms with Gasteiger partial charge in [-0.1, -0.05) is 46.2 Å². The SMILES string of the molecule is CCCC(C)c1ccc(N=Cc2ccc(OCC(C)C)cc2)cc1. The second kappa shape index (κ2) is 9.27. The van der Waals surface area contributed by atoms with Gasteiger partial charge in [0, 0.05) is 6.21 Å². The van der Waals surface area contributed by atoms with Crippen molar-refractivity contribution in [2.45, 2.75) is 46.5 Å². The second-order valence-corrected chi connectivity index (χ2v) is 6.81. The number of aliphatic imine (C=N–C) groups is 1. The molecule has 0 aliphatic heterocycles. The van der Waals surface area contributed by atoms with Gasteiger partial charge in [0.2, 0.25) is 0 Å². The first-order valence-electron chi connectivity index (χ1n) is 8.95. The van der Waals surface area contributed by atoms with Gasteiger partial charge in [-0.2, -0.15) is 0 Å². The normalized spacial score (nSPS) is 12.7. The van der Waals surface area contributed by atoms with Crippen molar-refractivity contribution in [3.8, 4) is 5.75 Å². The van der Waals surface area contributed by atoms with Gasteiger partial charge in [-0.3, -0.25) is 4.99 Å². The molecule has 0 saturated carbocycles. The summed E-state index contributed by atoms with van der Waals surface area (Å²) in [4.78, 5) is 4.56. The van der Waals surface area contributed by atoms with E-state index in [-0.39, 0.29) is 0 Å². The van der Waals surface area contributed by atoms with E-state index in [1.165, 1.54) is 18.4 Å². The third-order valence-corrected chi connectivity index (χ3v) is 4.01. The zero-order valence-corrected chi connectivity index (χ0v) is 15.3. The molecule has 0 N–H and O–H groups in total. The van der Waals surface area contributed by atoms with Gasteiger partial charge >= 0.3 is 0 Å². The van der Waals surface area contributed by atoms with Crippen molar-refractivity contribution >= 4 is 11.9 Å². The van der Waals surface area contributed by atoms with E-state index < -0.39 is 0 Å². The summed E-state index contributed by atoms with van der Waals surface area (Å²) >= 11 is 0. The molecule has 0 aliphatic rings. The molecule has 128 valence electrons. The number of hydrogen-bond donors (Lipinski definition) is 0. The second-order valence-electron chi connectivity index (χ2n) is 6.81. The van der Waals surface area contributed by atoms with Crippen LogP contribution >= 0.6 is 0 Å². The number of rotatable bonds is 8. The Morgan fingerprint density at radius 1 is 0.958 bits per heavy atom. The van der Waals surface area contributed by atoms with E-state index in [0.717, 1.165) is 23.6 Å². The number of nitrogens with zero attached hydrogens (tertiary/aromatic N) is 1. The van der Waals surface area contributed by atoms with Crippen LogP contribution in [-0.2, 0) is 0 Å². The molecule has 0 amide bonds. The fourth-order valence-electron chi connectivity index (χ4n) is 2.55. The molecule has 0 spiro atoms. The lowest BCUT2D eigenvalue weighted by molar-refractivity contribution is 0.271. The molecule has 0 heterocycles. The smallest absolute Gasteiger partial charge is 0.119 e. The van der Waals surface area contributed by atoms with E-state index in [0.29, 0.717) is 11.8 Å². The lowest BCUT2D eigenvalue weighted by Crippen LogP contribution is -2.04. The van der Waals surface area contributed by atoms with E-state index in [2.05, 4.69) is 57.0 Å². The molecule has 0 bridgehead atoms. The molecule has 2 aromatic carbocycles. The molecule has 0 radical (unpaired) electrons. The minimum absolute atomic E-state index is 0.536. The van der Waals surface area contributed by atoms with Crippen LogP contribution in [0, 0.1) is 5.92 Å². The summed E-state index contributed by atoms with van der Waals surface area (Å²) in [7, 11) is 0. The Kier molecular flexibility index (Phi) is 7.05. The summed E-state index contributed by atoms with van der Waals surface area (Å²) in [5.41, 5.74) is 3.46. The monoisotopic (exact) mass is 323 g/mol. The molecule has 0 saturated heterocycles. The molecular weight excluding hydrogens is 294 g/mol. The topological polar surface area (TPSA) is 21.6 Å². The minimum Gasteiger partial charge on any atom is -0.493 e. The molecule has 1 unspecified atom stereocenters. The zero-order valence-electron chi connectivity index (χ0n) is 15.3. The van der Waals surface area contributed by atoms with Gasteiger partial charge < -0.3 is 4.74 Å². The van der Waals surface area contributed by atoms with Gasteiger partial charge in [0.15, 0.2) is 0 Å². The largest absolute Gasteiger partial charge is 0.493 e. The van der Waals surface area contributed by atoms with Crippen molar-refractivity contribution in [3.63, 3.8) is 0 Å². The first-order valence-corrected chi connectivity index (χ1v) is 8.95. The van der Waals surface area contributed by atoms with Gasteiger partial charge in [0.25, 0.3) is 0 Å². The number of ether oxygens (including phenoxy) is 1. The summed E-state index contributed by atoms with van der Waals surface area (Å²) in [6.45, 7) is 9.56. The molecule has 2 aromatic rings. The highest BCUT2D eigenvalue weighted by Crippen LogP contribution is 2.23. The predicted molar refractivity (Wildman–Crippen MR) is 104 cm³/mol. The molecule has 0 aromatic heterocycles. The Balaban J connectivity index is 1.95. The lowest BCUT2D eigenvalue weighted by Gasteiger charge is -2.10. The molecule has 2 nitrogen and oxygen atoms in total. The Morgan fingerprint density at radius 2 is 1.62 bits per heavy atom. The van der Waals surface area contributed by atoms with Crippen molar-refractivity contribution in [2.75, 3.05) is 6.61 Å². The van der Waals surface area contributed by atoms with E-state index in [9.17, 15) is 0 Å². The van der Waals surface area contributed by atoms with Gasteiger partial charge in [0.1, 0.15) is 5.75 Å². The molecule has 24 heavy (non-hydrogen) atoms. The van der Waals surface area contributed by atoms with Crippen molar-refractivity contribution < 1.29 is 4.74 Å². The highest BCUT2D eigenvalue weighted by molar-refractivity contribution is 5.82. The Bertz CT molecular complexity index is 626. The maximum atomic E-state index is 5.70. The fourth-order valence-corrected chi connectivity index (χ4v) is 2.55. The first kappa shape index (κ1) is 18.3. The Labute approximate surface area is 146 Å². The Morgan fingerprint density at radius 3 is 2.21 bits per heavy atom. The van der Waals surface area contributed by atoms with E-state index in [1.54, 1.807) is 0 Å². The highest BCUT2D eigenvalue weighted by Gasteiger charge is 2.03. The molecule has 1 atom stereocenters. The summed E-state index contributed by atoms with van der Waals surface area (Å²) in [6, 6.07) is 16.6. The Hall–Kier alpha value is -2.09. The summed E-state index contributed by atoms with van der Waals surface area (Å²) in [5.74, 6) is 2.07. The molecule has 0 fully saturated rings. The first-order chi connectivity index (χ1) is 11.6. The van der Waals surface area contributed by atoms with Crippen LogP contribution in [0.2, 0.25) is 0 Å². The van der Waals surface area contributed by atoms with E-state index >= 15 is 0 Å². The molecule has 2 heteroatoms. The summed E-state index contributed by atoms with van der Waals surface area (Å²) in [6.07, 6.45) is 4.35. The van der Waals surface area contributed by atoms with Crippen LogP contribution in [-0.4, -0.2) is 12.8 Å². The summed E-state index contributed by atoms with van der Waals surface area (Å²) < 4.78 is 5.70. The van der Waals surface area contributed by atoms with E-state index in [4.69, 9.17) is 4.74 Å². The lowest BCUT2D eigenvalue weighted by atomic mass is 9.96. The maximum absolute atomic E-state index is 5.70. The molecule has 0 aliphatic carbocycles. The van der Waals surface area contributed by atoms with Crippen LogP contribution in [0.25, 0.3) is 0 Å². The fraction of sp³-hybridized carbons (Fsp3) is 0.409. The van der Waals surface area contributed by atoms with E-state index in [1.807, 2.05) is 30.5 Å². The standard InChI is InChI=1S/C22H29NO/c1-5-6-18(4)20-9-11-21(12-10-20)23-15-19-7-13-22(14-8-19)24-16-17(2)3/h7-15,17-18H,5-6,16H2,1-4H3. The van der Waals surface area contributed by atoms with Crippen molar-refractivity contribution in [1.82, 2.24) is 0 Å². The predicted octanol–water partition coefficient (Wildman–Crippen LogP) is 6.38. The van der Waals surface area contributed by atoms with Crippen LogP contribution in [0.3, 0.4) is 0 Å². The van der Waals surface area contributed by atoms with Gasteiger partial charge in [-0.25, -0.2) is 0 Å². The quantitative estimate of drug-likeness (QED) is 0.517. The van der Waals surface area contributed by atoms with Crippen molar-refractivity contribution in [3.05, 3.63) is 59.7 Å². The van der Waals surface area contributed by atoms with Crippen LogP contribution in [0.15, 0.2) is 53.5 Å². The summed E-state index contributed by atoms with van der Waals surface area (Å²) in [5, 5.41) is 0. The van der Waals surface area contributed by atoms with Gasteiger partial charge in [-0.05, 0) is 65.8 Å². The van der Waals surface area contributed by atoms with Crippen molar-refractivity contribution in [1.29, 1.82) is 0 Å². The average molecular weight is 323 g/mol. The molecule has 2 rings (SSSR count). The van der Waals surface area contributed by atoms with Crippen LogP contribution in [0.5, 0.6) is 5.75 Å². The highest BCUT2D eigenvalue weighted by atomic mass is 16.5. The average Bonchev–Trinajstić information content (AvgIpc) is 2.59. The third kappa shape index (κ3) is 5.84. The van der Waals surface area contributed by atoms with Gasteiger partial charge in [-0.15, -0.1) is 0 Å². The van der Waals surface area contributed by atoms with Crippen LogP contribution in [0.1, 0.15) is 57.6 Å². The van der Waals surface area contributed by atoms with Crippen molar-refractivity contribution in [2.24, 2.45) is 10.9 Å². The third-order valence-electron chi connectivity index (χ3n) is 4.01. The number of hydrogen-bond acceptors (Lipinski definition) is 2. The number of benzene rings is 2. The zero-order chi connectivity index (χ0) is 17.4. The van der Waals surface area contributed by atoms with Crippen LogP contribution < -0.4 is 4.74 Å². The maximum Gasteiger partial charge on any atom is 0.119 e. The van der Waals surface area contributed by atoms with Gasteiger partial charge in [0.05, 0.1) is 12.3 Å². The minimum atomic E-state index is 0.536. The molecular formula is C22H29NO. The van der Waals surface area contributed by atoms with Crippen LogP contribution in [0.4, 0.5) is 5.69 Å².